The zero-order chi connectivity index (χ0) is 22.6. The number of nitrogens with one attached hydrogen (secondary N) is 3. The van der Waals surface area contributed by atoms with Crippen molar-refractivity contribution in [3.63, 3.8) is 0 Å². The van der Waals surface area contributed by atoms with Crippen LogP contribution in [0.25, 0.3) is 10.8 Å². The Hall–Kier alpha value is -3.53. The van der Waals surface area contributed by atoms with Crippen LogP contribution in [-0.4, -0.2) is 36.3 Å². The van der Waals surface area contributed by atoms with Crippen LogP contribution in [0.5, 0.6) is 0 Å². The molecule has 1 fully saturated rings. The quantitative estimate of drug-likeness (QED) is 0.317. The number of rotatable bonds is 6. The summed E-state index contributed by atoms with van der Waals surface area (Å²) in [5.74, 6) is 1.11. The molecule has 0 amide bonds. The lowest BCUT2D eigenvalue weighted by molar-refractivity contribution is 0.122. The van der Waals surface area contributed by atoms with E-state index in [0.717, 1.165) is 53.6 Å². The van der Waals surface area contributed by atoms with Crippen molar-refractivity contribution in [3.05, 3.63) is 77.2 Å². The third-order valence-electron chi connectivity index (χ3n) is 5.50. The van der Waals surface area contributed by atoms with Crippen molar-refractivity contribution < 1.29 is 4.74 Å². The van der Waals surface area contributed by atoms with Gasteiger partial charge in [-0.2, -0.15) is 0 Å². The Morgan fingerprint density at radius 2 is 1.82 bits per heavy atom. The highest BCUT2D eigenvalue weighted by atomic mass is 32.2. The average Bonchev–Trinajstić information content (AvgIpc) is 2.85. The van der Waals surface area contributed by atoms with E-state index in [1.54, 1.807) is 6.20 Å². The van der Waals surface area contributed by atoms with Gasteiger partial charge in [-0.15, -0.1) is 0 Å². The molecule has 0 bridgehead atoms. The lowest BCUT2D eigenvalue weighted by atomic mass is 10.2. The maximum Gasteiger partial charge on any atom is 0.259 e. The molecule has 168 valence electrons. The van der Waals surface area contributed by atoms with Gasteiger partial charge in [0.25, 0.3) is 5.56 Å². The molecule has 2 aromatic heterocycles. The molecule has 2 aromatic carbocycles. The van der Waals surface area contributed by atoms with Gasteiger partial charge in [0, 0.05) is 41.2 Å². The van der Waals surface area contributed by atoms with Crippen LogP contribution >= 0.6 is 11.9 Å². The minimum atomic E-state index is -0.194. The molecule has 9 heteroatoms. The fraction of sp³-hybridized carbons (Fsp3) is 0.167. The van der Waals surface area contributed by atoms with Crippen LogP contribution in [0.2, 0.25) is 0 Å². The van der Waals surface area contributed by atoms with Gasteiger partial charge in [0.1, 0.15) is 11.6 Å². The number of aromatic nitrogens is 2. The number of nitrogens with zero attached hydrogens (tertiary/aromatic N) is 2. The van der Waals surface area contributed by atoms with Crippen LogP contribution in [-0.2, 0) is 4.74 Å². The zero-order valence-electron chi connectivity index (χ0n) is 17.9. The highest BCUT2D eigenvalue weighted by Crippen LogP contribution is 2.28. The summed E-state index contributed by atoms with van der Waals surface area (Å²) in [5, 5.41) is 13.6. The van der Waals surface area contributed by atoms with E-state index >= 15 is 0 Å². The Kier molecular flexibility index (Phi) is 6.16. The Morgan fingerprint density at radius 1 is 1.00 bits per heavy atom. The molecule has 0 spiro atoms. The molecule has 33 heavy (non-hydrogen) atoms. The van der Waals surface area contributed by atoms with Gasteiger partial charge >= 0.3 is 0 Å². The van der Waals surface area contributed by atoms with Gasteiger partial charge in [-0.25, -0.2) is 4.98 Å². The molecular weight excluding hydrogens is 436 g/mol. The Bertz CT molecular complexity index is 1320. The van der Waals surface area contributed by atoms with Crippen LogP contribution in [0.3, 0.4) is 0 Å². The van der Waals surface area contributed by atoms with E-state index in [-0.39, 0.29) is 5.56 Å². The Balaban J connectivity index is 1.46. The fourth-order valence-corrected chi connectivity index (χ4v) is 4.23. The highest BCUT2D eigenvalue weighted by Gasteiger charge is 2.13. The number of anilines is 5. The van der Waals surface area contributed by atoms with Crippen molar-refractivity contribution in [1.29, 1.82) is 0 Å². The van der Waals surface area contributed by atoms with E-state index in [1.807, 2.05) is 48.5 Å². The van der Waals surface area contributed by atoms with E-state index in [4.69, 9.17) is 14.9 Å². The number of hydrogen-bond acceptors (Lipinski definition) is 8. The summed E-state index contributed by atoms with van der Waals surface area (Å²) in [6.07, 6.45) is 1.64. The molecule has 0 radical (unpaired) electrons. The maximum atomic E-state index is 12.6. The van der Waals surface area contributed by atoms with Crippen molar-refractivity contribution in [2.45, 2.75) is 4.90 Å². The molecule has 0 atom stereocenters. The minimum absolute atomic E-state index is 0.194. The van der Waals surface area contributed by atoms with Crippen LogP contribution in [0.15, 0.2) is 76.6 Å². The second-order valence-corrected chi connectivity index (χ2v) is 8.38. The summed E-state index contributed by atoms with van der Waals surface area (Å²) in [7, 11) is 0. The second-order valence-electron chi connectivity index (χ2n) is 7.67. The summed E-state index contributed by atoms with van der Waals surface area (Å²) in [5.41, 5.74) is 2.67. The number of morpholine rings is 1. The van der Waals surface area contributed by atoms with Crippen LogP contribution in [0, 0.1) is 0 Å². The molecule has 3 heterocycles. The smallest absolute Gasteiger partial charge is 0.259 e. The lowest BCUT2D eigenvalue weighted by Gasteiger charge is -2.28. The number of benzene rings is 2. The largest absolute Gasteiger partial charge is 0.378 e. The van der Waals surface area contributed by atoms with Crippen LogP contribution < -0.4 is 26.2 Å². The molecule has 8 nitrogen and oxygen atoms in total. The predicted molar refractivity (Wildman–Crippen MR) is 135 cm³/mol. The highest BCUT2D eigenvalue weighted by molar-refractivity contribution is 7.97. The fourth-order valence-electron chi connectivity index (χ4n) is 3.88. The number of aromatic amines is 1. The third-order valence-corrected chi connectivity index (χ3v) is 6.03. The number of ether oxygens (including phenoxy) is 1. The molecule has 1 saturated heterocycles. The van der Waals surface area contributed by atoms with Crippen molar-refractivity contribution in [3.8, 4) is 0 Å². The van der Waals surface area contributed by atoms with Crippen LogP contribution in [0.4, 0.5) is 28.7 Å². The van der Waals surface area contributed by atoms with E-state index in [2.05, 4.69) is 32.7 Å². The molecular formula is C24H24N6O2S. The number of pyridine rings is 2. The first kappa shape index (κ1) is 21.3. The minimum Gasteiger partial charge on any atom is -0.378 e. The van der Waals surface area contributed by atoms with Gasteiger partial charge in [-0.1, -0.05) is 6.07 Å². The summed E-state index contributed by atoms with van der Waals surface area (Å²) in [4.78, 5) is 23.3. The monoisotopic (exact) mass is 460 g/mol. The Morgan fingerprint density at radius 3 is 2.61 bits per heavy atom. The van der Waals surface area contributed by atoms with Gasteiger partial charge in [-0.05, 0) is 71.9 Å². The topological polar surface area (TPSA) is 108 Å². The van der Waals surface area contributed by atoms with Gasteiger partial charge in [0.2, 0.25) is 0 Å². The second kappa shape index (κ2) is 9.53. The van der Waals surface area contributed by atoms with Gasteiger partial charge in [0.15, 0.2) is 0 Å². The van der Waals surface area contributed by atoms with Gasteiger partial charge in [-0.3, -0.25) is 9.93 Å². The van der Waals surface area contributed by atoms with E-state index < -0.39 is 0 Å². The summed E-state index contributed by atoms with van der Waals surface area (Å²) < 4.78 is 5.43. The van der Waals surface area contributed by atoms with Gasteiger partial charge in [0.05, 0.1) is 18.6 Å². The zero-order valence-corrected chi connectivity index (χ0v) is 18.7. The van der Waals surface area contributed by atoms with Crippen molar-refractivity contribution in [1.82, 2.24) is 9.97 Å². The van der Waals surface area contributed by atoms with Crippen LogP contribution in [0.1, 0.15) is 0 Å². The molecule has 0 aliphatic carbocycles. The number of nitrogens with two attached hydrogens (primary N) is 1. The maximum absolute atomic E-state index is 12.6. The van der Waals surface area contributed by atoms with E-state index in [1.165, 1.54) is 11.9 Å². The number of H-pyrrole nitrogens is 1. The van der Waals surface area contributed by atoms with Gasteiger partial charge < -0.3 is 25.3 Å². The molecule has 4 aromatic rings. The Labute approximate surface area is 195 Å². The van der Waals surface area contributed by atoms with E-state index in [9.17, 15) is 4.79 Å². The standard InChI is InChI=1S/C24H24N6O2S/c25-33-20-3-1-2-18(15-20)27-21-14-16-8-9-26-24(31)22(16)23(29-21)28-17-4-6-19(7-5-17)30-10-12-32-13-11-30/h1-9,14-15H,10-13,25H2,(H,26,31)(H2,27,28,29). The summed E-state index contributed by atoms with van der Waals surface area (Å²) >= 11 is 1.19. The average molecular weight is 461 g/mol. The first-order chi connectivity index (χ1) is 16.2. The predicted octanol–water partition coefficient (Wildman–Crippen LogP) is 4.21. The number of hydrogen-bond donors (Lipinski definition) is 4. The molecule has 5 rings (SSSR count). The third kappa shape index (κ3) is 4.80. The normalized spacial score (nSPS) is 13.8. The first-order valence-electron chi connectivity index (χ1n) is 10.7. The molecule has 0 unspecified atom stereocenters. The first-order valence-corrected chi connectivity index (χ1v) is 11.5. The molecule has 1 aliphatic rings. The van der Waals surface area contributed by atoms with Crippen molar-refractivity contribution in [2.24, 2.45) is 5.14 Å². The summed E-state index contributed by atoms with van der Waals surface area (Å²) in [6, 6.07) is 19.6. The number of fused-ring (bicyclic) bond motifs is 1. The van der Waals surface area contributed by atoms with Crippen molar-refractivity contribution >= 4 is 51.4 Å². The van der Waals surface area contributed by atoms with E-state index in [0.29, 0.717) is 17.0 Å². The summed E-state index contributed by atoms with van der Waals surface area (Å²) in [6.45, 7) is 3.24. The molecule has 5 N–H and O–H groups in total. The SMILES string of the molecule is NSc1cccc(Nc2cc3cc[nH]c(=O)c3c(Nc3ccc(N4CCOCC4)cc3)n2)c1. The molecule has 1 aliphatic heterocycles. The lowest BCUT2D eigenvalue weighted by Crippen LogP contribution is -2.36. The van der Waals surface area contributed by atoms with Crippen molar-refractivity contribution in [2.75, 3.05) is 41.8 Å². The molecule has 0 saturated carbocycles.